The maximum Gasteiger partial charge on any atom is 0.331 e. The molecule has 30 heavy (non-hydrogen) atoms. The first-order valence-corrected chi connectivity index (χ1v) is 9.95. The summed E-state index contributed by atoms with van der Waals surface area (Å²) in [5, 5.41) is 11.0. The Morgan fingerprint density at radius 3 is 2.53 bits per heavy atom. The Balaban J connectivity index is 1.87. The predicted octanol–water partition coefficient (Wildman–Crippen LogP) is 2.17. The second-order valence-corrected chi connectivity index (χ2v) is 7.76. The first kappa shape index (κ1) is 20.2. The zero-order chi connectivity index (χ0) is 21.6. The number of pyridine rings is 1. The van der Waals surface area contributed by atoms with Gasteiger partial charge >= 0.3 is 5.69 Å². The van der Waals surface area contributed by atoms with Crippen molar-refractivity contribution in [3.63, 3.8) is 0 Å². The van der Waals surface area contributed by atoms with Crippen molar-refractivity contribution in [1.82, 2.24) is 23.7 Å². The van der Waals surface area contributed by atoms with E-state index in [-0.39, 0.29) is 23.3 Å². The molecule has 0 amide bonds. The second-order valence-electron chi connectivity index (χ2n) is 7.03. The van der Waals surface area contributed by atoms with Crippen LogP contribution in [0.4, 0.5) is 5.95 Å². The normalized spacial score (nSPS) is 11.5. The van der Waals surface area contributed by atoms with E-state index in [1.54, 1.807) is 13.8 Å². The van der Waals surface area contributed by atoms with Crippen LogP contribution >= 0.6 is 23.2 Å². The molecule has 0 aliphatic rings. The number of imidazole rings is 1. The highest BCUT2D eigenvalue weighted by Gasteiger charge is 2.25. The highest BCUT2D eigenvalue weighted by molar-refractivity contribution is 6.33. The van der Waals surface area contributed by atoms with Crippen LogP contribution in [0.25, 0.3) is 11.2 Å². The van der Waals surface area contributed by atoms with Gasteiger partial charge in [-0.3, -0.25) is 14.3 Å². The molecule has 4 aromatic heterocycles. The van der Waals surface area contributed by atoms with Gasteiger partial charge in [-0.15, -0.1) is 0 Å². The summed E-state index contributed by atoms with van der Waals surface area (Å²) in [6.45, 7) is 4.52. The summed E-state index contributed by atoms with van der Waals surface area (Å²) in [4.78, 5) is 21.6. The molecule has 156 valence electrons. The Hall–Kier alpha value is -3.04. The topological polar surface area (TPSA) is 108 Å². The van der Waals surface area contributed by atoms with Gasteiger partial charge in [0.05, 0.1) is 5.02 Å². The van der Waals surface area contributed by atoms with E-state index < -0.39 is 0 Å². The van der Waals surface area contributed by atoms with Crippen molar-refractivity contribution in [2.45, 2.75) is 33.5 Å². The number of rotatable bonds is 5. The molecule has 9 nitrogen and oxygen atoms in total. The van der Waals surface area contributed by atoms with Crippen LogP contribution in [0.5, 0.6) is 0 Å². The zero-order valence-corrected chi connectivity index (χ0v) is 17.9. The number of fused-ring (bicyclic) bond motifs is 1. The maximum absolute atomic E-state index is 13.3. The van der Waals surface area contributed by atoms with E-state index in [4.69, 9.17) is 28.9 Å². The average molecular weight is 449 g/mol. The van der Waals surface area contributed by atoms with E-state index in [0.29, 0.717) is 40.5 Å². The molecule has 0 saturated carbocycles. The standard InChI is InChI=1S/C19H20Cl2N7O2/c1-11-9-28(30)13(12(2)14(11)20)10-27-17-15(16(21)23-18(22)24-17)26(19(27)29)8-7-25-5-3-4-6-25/h3-6,9,30H,7-8,10H2,1-2H3,(H2,22,23,24)/q+1. The summed E-state index contributed by atoms with van der Waals surface area (Å²) >= 11 is 12.7. The van der Waals surface area contributed by atoms with E-state index in [2.05, 4.69) is 9.97 Å². The largest absolute Gasteiger partial charge is 0.368 e. The quantitative estimate of drug-likeness (QED) is 0.276. The van der Waals surface area contributed by atoms with Crippen molar-refractivity contribution in [3.8, 4) is 0 Å². The predicted molar refractivity (Wildman–Crippen MR) is 113 cm³/mol. The molecule has 0 aliphatic heterocycles. The minimum atomic E-state index is -0.338. The highest BCUT2D eigenvalue weighted by atomic mass is 35.5. The molecule has 0 unspecified atom stereocenters. The van der Waals surface area contributed by atoms with Crippen LogP contribution in [-0.4, -0.2) is 28.9 Å². The lowest BCUT2D eigenvalue weighted by Crippen LogP contribution is -2.39. The summed E-state index contributed by atoms with van der Waals surface area (Å²) in [6, 6.07) is 3.82. The van der Waals surface area contributed by atoms with Crippen molar-refractivity contribution < 1.29 is 9.94 Å². The molecule has 11 heteroatoms. The third-order valence-corrected chi connectivity index (χ3v) is 5.93. The molecule has 4 rings (SSSR count). The van der Waals surface area contributed by atoms with Crippen LogP contribution in [-0.2, 0) is 19.6 Å². The third kappa shape index (κ3) is 3.40. The van der Waals surface area contributed by atoms with Crippen molar-refractivity contribution in [2.24, 2.45) is 0 Å². The number of hydrogen-bond donors (Lipinski definition) is 2. The number of nitrogen functional groups attached to an aromatic ring is 1. The number of nitrogens with zero attached hydrogens (tertiary/aromatic N) is 6. The van der Waals surface area contributed by atoms with E-state index in [1.165, 1.54) is 15.3 Å². The number of halogens is 2. The fraction of sp³-hybridized carbons (Fsp3) is 0.263. The van der Waals surface area contributed by atoms with Crippen LogP contribution in [0, 0.1) is 13.8 Å². The van der Waals surface area contributed by atoms with Gasteiger partial charge in [-0.05, 0) is 26.0 Å². The minimum absolute atomic E-state index is 0.0287. The van der Waals surface area contributed by atoms with Gasteiger partial charge < -0.3 is 10.3 Å². The van der Waals surface area contributed by atoms with Gasteiger partial charge in [-0.2, -0.15) is 9.97 Å². The van der Waals surface area contributed by atoms with Gasteiger partial charge in [-0.25, -0.2) is 4.79 Å². The molecule has 0 saturated heterocycles. The molecule has 0 fully saturated rings. The maximum atomic E-state index is 13.3. The fourth-order valence-electron chi connectivity index (χ4n) is 3.52. The Labute approximate surface area is 181 Å². The van der Waals surface area contributed by atoms with Gasteiger partial charge in [0.25, 0.3) is 5.69 Å². The summed E-state index contributed by atoms with van der Waals surface area (Å²) in [6.07, 6.45) is 5.32. The lowest BCUT2D eigenvalue weighted by atomic mass is 10.1. The monoisotopic (exact) mass is 448 g/mol. The Morgan fingerprint density at radius 1 is 1.13 bits per heavy atom. The minimum Gasteiger partial charge on any atom is -0.368 e. The average Bonchev–Trinajstić information content (AvgIpc) is 3.29. The lowest BCUT2D eigenvalue weighted by molar-refractivity contribution is -0.910. The van der Waals surface area contributed by atoms with Gasteiger partial charge in [0.1, 0.15) is 12.1 Å². The van der Waals surface area contributed by atoms with Crippen LogP contribution < -0.4 is 16.2 Å². The van der Waals surface area contributed by atoms with E-state index in [9.17, 15) is 10.0 Å². The molecule has 0 aromatic carbocycles. The molecule has 0 radical (unpaired) electrons. The van der Waals surface area contributed by atoms with E-state index in [0.717, 1.165) is 10.3 Å². The molecule has 4 aromatic rings. The van der Waals surface area contributed by atoms with Gasteiger partial charge in [-0.1, -0.05) is 23.2 Å². The van der Waals surface area contributed by atoms with Crippen LogP contribution in [0.15, 0.2) is 35.5 Å². The number of nitrogens with two attached hydrogens (primary N) is 1. The fourth-order valence-corrected chi connectivity index (χ4v) is 3.95. The van der Waals surface area contributed by atoms with Crippen molar-refractivity contribution in [1.29, 1.82) is 0 Å². The summed E-state index contributed by atoms with van der Waals surface area (Å²) in [5.74, 6) is -0.0423. The SMILES string of the molecule is Cc1c[n+](O)c(Cn2c(=O)n(CCn3cccc3)c3c(Cl)nc(N)nc32)c(C)c1Cl. The molecule has 0 bridgehead atoms. The first-order valence-electron chi connectivity index (χ1n) is 9.20. The summed E-state index contributed by atoms with van der Waals surface area (Å²) in [5.41, 5.74) is 7.97. The van der Waals surface area contributed by atoms with Crippen LogP contribution in [0.1, 0.15) is 16.8 Å². The highest BCUT2D eigenvalue weighted by Crippen LogP contribution is 2.24. The van der Waals surface area contributed by atoms with Gasteiger partial charge in [0, 0.05) is 41.3 Å². The number of aryl methyl sites for hydroxylation is 3. The van der Waals surface area contributed by atoms with Gasteiger partial charge in [0.15, 0.2) is 10.8 Å². The van der Waals surface area contributed by atoms with Crippen molar-refractivity contribution in [2.75, 3.05) is 5.73 Å². The molecule has 3 N–H and O–H groups in total. The second kappa shape index (κ2) is 7.66. The molecule has 0 spiro atoms. The van der Waals surface area contributed by atoms with Crippen molar-refractivity contribution in [3.05, 3.63) is 68.2 Å². The summed E-state index contributed by atoms with van der Waals surface area (Å²) in [7, 11) is 0. The number of anilines is 1. The lowest BCUT2D eigenvalue weighted by Gasteiger charge is -2.06. The first-order chi connectivity index (χ1) is 14.3. The molecule has 4 heterocycles. The van der Waals surface area contributed by atoms with E-state index in [1.807, 2.05) is 29.1 Å². The third-order valence-electron chi connectivity index (χ3n) is 5.08. The van der Waals surface area contributed by atoms with E-state index >= 15 is 0 Å². The number of hydrogen-bond acceptors (Lipinski definition) is 5. The van der Waals surface area contributed by atoms with Gasteiger partial charge in [0.2, 0.25) is 12.1 Å². The van der Waals surface area contributed by atoms with Crippen LogP contribution in [0.3, 0.4) is 0 Å². The van der Waals surface area contributed by atoms with Crippen molar-refractivity contribution >= 4 is 40.3 Å². The zero-order valence-electron chi connectivity index (χ0n) is 16.4. The molecule has 0 aliphatic carbocycles. The Bertz CT molecular complexity index is 1310. The smallest absolute Gasteiger partial charge is 0.331 e. The molecular formula is C19H20Cl2N7O2+. The molecular weight excluding hydrogens is 429 g/mol. The Morgan fingerprint density at radius 2 is 1.83 bits per heavy atom. The Kier molecular flexibility index (Phi) is 5.17. The molecule has 0 atom stereocenters. The van der Waals surface area contributed by atoms with Crippen LogP contribution in [0.2, 0.25) is 10.2 Å². The number of aromatic nitrogens is 6. The summed E-state index contributed by atoms with van der Waals surface area (Å²) < 4.78 is 5.85.